The molecule has 10 heteroatoms. The fourth-order valence-electron chi connectivity index (χ4n) is 3.59. The number of nitrogens with zero attached hydrogens (tertiary/aromatic N) is 2. The van der Waals surface area contributed by atoms with Gasteiger partial charge in [-0.1, -0.05) is 0 Å². The van der Waals surface area contributed by atoms with Gasteiger partial charge in [0.2, 0.25) is 15.9 Å². The molecule has 1 unspecified atom stereocenters. The number of hydrogen-bond donors (Lipinski definition) is 1. The molecule has 1 heterocycles. The predicted molar refractivity (Wildman–Crippen MR) is 119 cm³/mol. The van der Waals surface area contributed by atoms with Gasteiger partial charge in [-0.3, -0.25) is 9.10 Å². The topological polar surface area (TPSA) is 79.0 Å². The Morgan fingerprint density at radius 3 is 2.31 bits per heavy atom. The van der Waals surface area contributed by atoms with Gasteiger partial charge in [0.1, 0.15) is 17.9 Å². The van der Waals surface area contributed by atoms with Crippen LogP contribution in [0.4, 0.5) is 20.2 Å². The monoisotopic (exact) mass is 467 g/mol. The zero-order valence-corrected chi connectivity index (χ0v) is 19.0. The second-order valence-electron chi connectivity index (χ2n) is 7.97. The van der Waals surface area contributed by atoms with Crippen molar-refractivity contribution in [3.8, 4) is 5.75 Å². The Kier molecular flexibility index (Phi) is 7.35. The predicted octanol–water partition coefficient (Wildman–Crippen LogP) is 3.23. The van der Waals surface area contributed by atoms with Crippen molar-refractivity contribution < 1.29 is 26.7 Å². The van der Waals surface area contributed by atoms with E-state index in [0.29, 0.717) is 11.4 Å². The van der Waals surface area contributed by atoms with Crippen molar-refractivity contribution >= 4 is 27.3 Å². The van der Waals surface area contributed by atoms with Gasteiger partial charge in [0.05, 0.1) is 11.9 Å². The molecule has 1 atom stereocenters. The summed E-state index contributed by atoms with van der Waals surface area (Å²) in [5.74, 6) is -2.25. The fraction of sp³-hybridized carbons (Fsp3) is 0.409. The molecule has 0 bridgehead atoms. The summed E-state index contributed by atoms with van der Waals surface area (Å²) in [7, 11) is -1.88. The molecule has 0 aliphatic carbocycles. The third kappa shape index (κ3) is 5.95. The summed E-state index contributed by atoms with van der Waals surface area (Å²) >= 11 is 0. The Labute approximate surface area is 187 Å². The zero-order valence-electron chi connectivity index (χ0n) is 18.2. The van der Waals surface area contributed by atoms with Crippen LogP contribution in [0, 0.1) is 11.6 Å². The zero-order chi connectivity index (χ0) is 23.5. The first-order valence-electron chi connectivity index (χ1n) is 10.2. The molecule has 1 fully saturated rings. The van der Waals surface area contributed by atoms with Gasteiger partial charge in [0, 0.05) is 24.8 Å². The standard InChI is InChI=1S/C22H27F2N3O4S/c1-15(27(32(3,29)30)17-6-9-20(23)21(24)14-17)22(28)25-16-4-7-18(8-5-16)31-19-10-12-26(2)13-11-19/h4-9,14-15,19H,10-13H2,1-3H3,(H,25,28). The van der Waals surface area contributed by atoms with Crippen LogP contribution in [-0.2, 0) is 14.8 Å². The summed E-state index contributed by atoms with van der Waals surface area (Å²) in [5, 5.41) is 2.65. The molecule has 0 aromatic heterocycles. The third-order valence-corrected chi connectivity index (χ3v) is 6.58. The molecule has 1 amide bonds. The van der Waals surface area contributed by atoms with E-state index in [-0.39, 0.29) is 11.8 Å². The maximum absolute atomic E-state index is 13.7. The lowest BCUT2D eigenvalue weighted by Gasteiger charge is -2.29. The summed E-state index contributed by atoms with van der Waals surface area (Å²) < 4.78 is 58.2. The number of amides is 1. The molecular formula is C22H27F2N3O4S. The molecule has 1 aliphatic rings. The SMILES string of the molecule is CC(C(=O)Nc1ccc(OC2CCN(C)CC2)cc1)N(c1ccc(F)c(F)c1)S(C)(=O)=O. The van der Waals surface area contributed by atoms with E-state index < -0.39 is 33.6 Å². The van der Waals surface area contributed by atoms with Crippen LogP contribution < -0.4 is 14.4 Å². The van der Waals surface area contributed by atoms with E-state index in [1.165, 1.54) is 6.92 Å². The number of ether oxygens (including phenoxy) is 1. The van der Waals surface area contributed by atoms with Gasteiger partial charge in [0.25, 0.3) is 0 Å². The molecule has 174 valence electrons. The average molecular weight is 468 g/mol. The average Bonchev–Trinajstić information content (AvgIpc) is 2.73. The van der Waals surface area contributed by atoms with Crippen molar-refractivity contribution in [1.29, 1.82) is 0 Å². The number of carbonyl (C=O) groups is 1. The minimum atomic E-state index is -3.95. The molecule has 2 aromatic carbocycles. The van der Waals surface area contributed by atoms with E-state index in [9.17, 15) is 22.0 Å². The molecule has 2 aromatic rings. The highest BCUT2D eigenvalue weighted by atomic mass is 32.2. The summed E-state index contributed by atoms with van der Waals surface area (Å²) in [6.07, 6.45) is 2.93. The van der Waals surface area contributed by atoms with Crippen LogP contribution in [0.3, 0.4) is 0 Å². The van der Waals surface area contributed by atoms with Crippen LogP contribution >= 0.6 is 0 Å². The number of carbonyl (C=O) groups excluding carboxylic acids is 1. The van der Waals surface area contributed by atoms with E-state index in [0.717, 1.165) is 54.7 Å². The summed E-state index contributed by atoms with van der Waals surface area (Å²) in [4.78, 5) is 15.0. The molecule has 1 N–H and O–H groups in total. The molecule has 0 spiro atoms. The van der Waals surface area contributed by atoms with Crippen LogP contribution in [0.25, 0.3) is 0 Å². The van der Waals surface area contributed by atoms with Gasteiger partial charge in [-0.05, 0) is 63.2 Å². The summed E-state index contributed by atoms with van der Waals surface area (Å²) in [6, 6.07) is 8.27. The Balaban J connectivity index is 1.68. The number of sulfonamides is 1. The normalized spacial score (nSPS) is 16.4. The van der Waals surface area contributed by atoms with E-state index >= 15 is 0 Å². The van der Waals surface area contributed by atoms with Crippen LogP contribution in [0.1, 0.15) is 19.8 Å². The van der Waals surface area contributed by atoms with Crippen molar-refractivity contribution in [2.45, 2.75) is 31.9 Å². The Morgan fingerprint density at radius 2 is 1.75 bits per heavy atom. The van der Waals surface area contributed by atoms with E-state index in [1.807, 2.05) is 0 Å². The van der Waals surface area contributed by atoms with Crippen molar-refractivity contribution in [3.63, 3.8) is 0 Å². The maximum atomic E-state index is 13.7. The van der Waals surface area contributed by atoms with Gasteiger partial charge in [-0.15, -0.1) is 0 Å². The van der Waals surface area contributed by atoms with Crippen LogP contribution in [0.5, 0.6) is 5.75 Å². The van der Waals surface area contributed by atoms with Crippen LogP contribution in [0.15, 0.2) is 42.5 Å². The number of hydrogen-bond acceptors (Lipinski definition) is 5. The number of nitrogens with one attached hydrogen (secondary N) is 1. The Bertz CT molecular complexity index is 1060. The van der Waals surface area contributed by atoms with Gasteiger partial charge in [0.15, 0.2) is 11.6 Å². The number of rotatable bonds is 7. The summed E-state index contributed by atoms with van der Waals surface area (Å²) in [5.41, 5.74) is 0.312. The minimum Gasteiger partial charge on any atom is -0.490 e. The first-order chi connectivity index (χ1) is 15.0. The fourth-order valence-corrected chi connectivity index (χ4v) is 4.76. The van der Waals surface area contributed by atoms with Crippen LogP contribution in [-0.4, -0.2) is 57.8 Å². The first kappa shape index (κ1) is 23.9. The molecule has 32 heavy (non-hydrogen) atoms. The van der Waals surface area contributed by atoms with Crippen molar-refractivity contribution in [3.05, 3.63) is 54.1 Å². The third-order valence-electron chi connectivity index (χ3n) is 5.34. The molecule has 0 saturated carbocycles. The molecular weight excluding hydrogens is 440 g/mol. The van der Waals surface area contributed by atoms with Gasteiger partial charge in [-0.25, -0.2) is 17.2 Å². The second kappa shape index (κ2) is 9.83. The quantitative estimate of drug-likeness (QED) is 0.677. The number of likely N-dealkylation sites (tertiary alicyclic amines) is 1. The largest absolute Gasteiger partial charge is 0.490 e. The highest BCUT2D eigenvalue weighted by Crippen LogP contribution is 2.25. The maximum Gasteiger partial charge on any atom is 0.247 e. The highest BCUT2D eigenvalue weighted by Gasteiger charge is 2.30. The second-order valence-corrected chi connectivity index (χ2v) is 9.83. The van der Waals surface area contributed by atoms with E-state index in [2.05, 4.69) is 17.3 Å². The molecule has 3 rings (SSSR count). The number of halogens is 2. The highest BCUT2D eigenvalue weighted by molar-refractivity contribution is 7.92. The molecule has 7 nitrogen and oxygen atoms in total. The van der Waals surface area contributed by atoms with Gasteiger partial charge < -0.3 is 15.0 Å². The van der Waals surface area contributed by atoms with Gasteiger partial charge >= 0.3 is 0 Å². The lowest BCUT2D eigenvalue weighted by atomic mass is 10.1. The number of anilines is 2. The lowest BCUT2D eigenvalue weighted by molar-refractivity contribution is -0.116. The van der Waals surface area contributed by atoms with Crippen molar-refractivity contribution in [2.75, 3.05) is 36.0 Å². The van der Waals surface area contributed by atoms with E-state index in [4.69, 9.17) is 4.74 Å². The molecule has 0 radical (unpaired) electrons. The minimum absolute atomic E-state index is 0.143. The first-order valence-corrected chi connectivity index (χ1v) is 12.1. The number of piperidine rings is 1. The van der Waals surface area contributed by atoms with Gasteiger partial charge in [-0.2, -0.15) is 0 Å². The Morgan fingerprint density at radius 1 is 1.12 bits per heavy atom. The Hall–Kier alpha value is -2.72. The lowest BCUT2D eigenvalue weighted by Crippen LogP contribution is -2.45. The van der Waals surface area contributed by atoms with Crippen molar-refractivity contribution in [1.82, 2.24) is 4.90 Å². The number of benzene rings is 2. The summed E-state index contributed by atoms with van der Waals surface area (Å²) in [6.45, 7) is 3.33. The molecule has 1 saturated heterocycles. The van der Waals surface area contributed by atoms with E-state index in [1.54, 1.807) is 24.3 Å². The molecule has 1 aliphatic heterocycles. The smallest absolute Gasteiger partial charge is 0.247 e. The van der Waals surface area contributed by atoms with Crippen LogP contribution in [0.2, 0.25) is 0 Å². The van der Waals surface area contributed by atoms with Crippen molar-refractivity contribution in [2.24, 2.45) is 0 Å².